The van der Waals surface area contributed by atoms with Gasteiger partial charge in [0.2, 0.25) is 0 Å². The van der Waals surface area contributed by atoms with Gasteiger partial charge in [-0.1, -0.05) is 32.9 Å². The van der Waals surface area contributed by atoms with Gasteiger partial charge in [-0.2, -0.15) is 5.10 Å². The van der Waals surface area contributed by atoms with Gasteiger partial charge >= 0.3 is 0 Å². The van der Waals surface area contributed by atoms with Crippen LogP contribution in [0.1, 0.15) is 36.8 Å². The number of aromatic amines is 1. The second-order valence-corrected chi connectivity index (χ2v) is 6.06. The Morgan fingerprint density at radius 1 is 1.33 bits per heavy atom. The van der Waals surface area contributed by atoms with Gasteiger partial charge < -0.3 is 11.1 Å². The van der Waals surface area contributed by atoms with Gasteiger partial charge in [0.15, 0.2) is 5.82 Å². The van der Waals surface area contributed by atoms with Crippen LogP contribution in [0, 0.1) is 5.41 Å². The Bertz CT molecular complexity index is 616. The molecule has 0 fully saturated rings. The number of nitrogens with one attached hydrogen (secondary N) is 2. The zero-order valence-corrected chi connectivity index (χ0v) is 13.3. The van der Waals surface area contributed by atoms with Crippen LogP contribution < -0.4 is 11.1 Å². The third kappa shape index (κ3) is 4.79. The fraction of sp³-hybridized carbons (Fsp3) is 0.333. The van der Waals surface area contributed by atoms with E-state index in [1.165, 1.54) is 0 Å². The van der Waals surface area contributed by atoms with E-state index in [0.717, 1.165) is 12.1 Å². The molecule has 0 radical (unpaired) electrons. The van der Waals surface area contributed by atoms with Crippen LogP contribution >= 0.6 is 12.4 Å². The Balaban J connectivity index is 0.00000220. The summed E-state index contributed by atoms with van der Waals surface area (Å²) in [6.45, 7) is 6.45. The van der Waals surface area contributed by atoms with Crippen molar-refractivity contribution < 1.29 is 4.79 Å². The van der Waals surface area contributed by atoms with Gasteiger partial charge in [0, 0.05) is 17.4 Å². The van der Waals surface area contributed by atoms with Crippen molar-refractivity contribution in [3.8, 4) is 0 Å². The highest BCUT2D eigenvalue weighted by Crippen LogP contribution is 2.21. The molecule has 0 aliphatic heterocycles. The number of H-pyrrole nitrogens is 1. The lowest BCUT2D eigenvalue weighted by Crippen LogP contribution is -2.14. The first-order valence-electron chi connectivity index (χ1n) is 6.55. The summed E-state index contributed by atoms with van der Waals surface area (Å²) in [4.78, 5) is 12.1. The molecular weight excluding hydrogens is 288 g/mol. The van der Waals surface area contributed by atoms with E-state index in [2.05, 4.69) is 36.3 Å². The average Bonchev–Trinajstić information content (AvgIpc) is 2.74. The monoisotopic (exact) mass is 308 g/mol. The summed E-state index contributed by atoms with van der Waals surface area (Å²) >= 11 is 0. The van der Waals surface area contributed by atoms with Crippen molar-refractivity contribution in [2.24, 2.45) is 5.41 Å². The number of aromatic nitrogens is 2. The molecule has 1 heterocycles. The van der Waals surface area contributed by atoms with E-state index in [1.807, 2.05) is 6.07 Å². The topological polar surface area (TPSA) is 83.8 Å². The van der Waals surface area contributed by atoms with Crippen LogP contribution in [-0.4, -0.2) is 16.1 Å². The standard InChI is InChI=1S/C15H20N4O.ClH/c1-15(2,3)9-10-8-13(19-18-10)17-14(20)11-6-4-5-7-12(11)16;/h4-8H,9,16H2,1-3H3,(H2,17,18,19,20);1H. The fourth-order valence-electron chi connectivity index (χ4n) is 1.98. The van der Waals surface area contributed by atoms with Gasteiger partial charge in [0.25, 0.3) is 5.91 Å². The molecular formula is C15H21ClN4O. The second kappa shape index (κ2) is 6.63. The highest BCUT2D eigenvalue weighted by Gasteiger charge is 2.15. The molecule has 0 aliphatic carbocycles. The zero-order valence-electron chi connectivity index (χ0n) is 12.4. The number of hydrogen-bond acceptors (Lipinski definition) is 3. The van der Waals surface area contributed by atoms with Crippen molar-refractivity contribution in [1.29, 1.82) is 0 Å². The molecule has 0 aliphatic rings. The third-order valence-corrected chi connectivity index (χ3v) is 2.80. The number of carbonyl (C=O) groups excluding carboxylic acids is 1. The number of amides is 1. The summed E-state index contributed by atoms with van der Waals surface area (Å²) in [6.07, 6.45) is 0.864. The SMILES string of the molecule is CC(C)(C)Cc1cc(NC(=O)c2ccccc2N)n[nH]1.Cl. The maximum Gasteiger partial charge on any atom is 0.258 e. The van der Waals surface area contributed by atoms with E-state index < -0.39 is 0 Å². The van der Waals surface area contributed by atoms with Gasteiger partial charge in [-0.3, -0.25) is 9.89 Å². The maximum absolute atomic E-state index is 12.1. The van der Waals surface area contributed by atoms with E-state index in [1.54, 1.807) is 24.3 Å². The number of rotatable bonds is 3. The third-order valence-electron chi connectivity index (χ3n) is 2.80. The predicted octanol–water partition coefficient (Wildman–Crippen LogP) is 3.25. The average molecular weight is 309 g/mol. The lowest BCUT2D eigenvalue weighted by molar-refractivity contribution is 0.102. The van der Waals surface area contributed by atoms with Crippen LogP contribution in [0.4, 0.5) is 11.5 Å². The number of anilines is 2. The molecule has 1 aromatic heterocycles. The minimum Gasteiger partial charge on any atom is -0.398 e. The van der Waals surface area contributed by atoms with Gasteiger partial charge in [-0.05, 0) is 24.0 Å². The predicted molar refractivity (Wildman–Crippen MR) is 87.8 cm³/mol. The number of carbonyl (C=O) groups is 1. The normalized spacial score (nSPS) is 10.8. The van der Waals surface area contributed by atoms with E-state index in [0.29, 0.717) is 17.1 Å². The number of halogens is 1. The molecule has 21 heavy (non-hydrogen) atoms. The summed E-state index contributed by atoms with van der Waals surface area (Å²) in [6, 6.07) is 8.81. The molecule has 0 saturated carbocycles. The van der Waals surface area contributed by atoms with Crippen LogP contribution in [0.15, 0.2) is 30.3 Å². The molecule has 6 heteroatoms. The molecule has 2 aromatic rings. The Labute approximate surface area is 130 Å². The van der Waals surface area contributed by atoms with Gasteiger partial charge in [0.1, 0.15) is 0 Å². The zero-order chi connectivity index (χ0) is 14.8. The van der Waals surface area contributed by atoms with Crippen LogP contribution in [-0.2, 0) is 6.42 Å². The number of benzene rings is 1. The van der Waals surface area contributed by atoms with E-state index in [4.69, 9.17) is 5.73 Å². The van der Waals surface area contributed by atoms with Crippen LogP contribution in [0.3, 0.4) is 0 Å². The van der Waals surface area contributed by atoms with Crippen molar-refractivity contribution in [3.63, 3.8) is 0 Å². The number of hydrogen-bond donors (Lipinski definition) is 3. The number of nitrogens with zero attached hydrogens (tertiary/aromatic N) is 1. The van der Waals surface area contributed by atoms with E-state index in [-0.39, 0.29) is 23.7 Å². The smallest absolute Gasteiger partial charge is 0.258 e. The van der Waals surface area contributed by atoms with Crippen LogP contribution in [0.5, 0.6) is 0 Å². The second-order valence-electron chi connectivity index (χ2n) is 6.06. The highest BCUT2D eigenvalue weighted by atomic mass is 35.5. The molecule has 0 atom stereocenters. The summed E-state index contributed by atoms with van der Waals surface area (Å²) in [7, 11) is 0. The van der Waals surface area contributed by atoms with Crippen molar-refractivity contribution >= 4 is 29.8 Å². The van der Waals surface area contributed by atoms with Crippen molar-refractivity contribution in [1.82, 2.24) is 10.2 Å². The summed E-state index contributed by atoms with van der Waals surface area (Å²) in [5.41, 5.74) is 7.84. The fourth-order valence-corrected chi connectivity index (χ4v) is 1.98. The minimum atomic E-state index is -0.253. The van der Waals surface area contributed by atoms with Crippen molar-refractivity contribution in [2.75, 3.05) is 11.1 Å². The molecule has 4 N–H and O–H groups in total. The van der Waals surface area contributed by atoms with Crippen LogP contribution in [0.25, 0.3) is 0 Å². The van der Waals surface area contributed by atoms with E-state index >= 15 is 0 Å². The molecule has 5 nitrogen and oxygen atoms in total. The first-order chi connectivity index (χ1) is 9.35. The first-order valence-corrected chi connectivity index (χ1v) is 6.55. The van der Waals surface area contributed by atoms with Crippen molar-refractivity contribution in [2.45, 2.75) is 27.2 Å². The summed E-state index contributed by atoms with van der Waals surface area (Å²) < 4.78 is 0. The Morgan fingerprint density at radius 2 is 2.00 bits per heavy atom. The number of para-hydroxylation sites is 1. The van der Waals surface area contributed by atoms with E-state index in [9.17, 15) is 4.79 Å². The molecule has 0 spiro atoms. The highest BCUT2D eigenvalue weighted by molar-refractivity contribution is 6.07. The van der Waals surface area contributed by atoms with Crippen LogP contribution in [0.2, 0.25) is 0 Å². The van der Waals surface area contributed by atoms with Gasteiger partial charge in [-0.25, -0.2) is 0 Å². The minimum absolute atomic E-state index is 0. The molecule has 1 amide bonds. The number of nitrogen functional groups attached to an aromatic ring is 1. The lowest BCUT2D eigenvalue weighted by Gasteiger charge is -2.15. The molecule has 2 rings (SSSR count). The largest absolute Gasteiger partial charge is 0.398 e. The summed E-state index contributed by atoms with van der Waals surface area (Å²) in [5.74, 6) is 0.259. The summed E-state index contributed by atoms with van der Waals surface area (Å²) in [5, 5.41) is 9.78. The molecule has 114 valence electrons. The van der Waals surface area contributed by atoms with Gasteiger partial charge in [0.05, 0.1) is 5.56 Å². The first kappa shape index (κ1) is 17.0. The number of nitrogens with two attached hydrogens (primary N) is 1. The maximum atomic E-state index is 12.1. The Kier molecular flexibility index (Phi) is 5.38. The lowest BCUT2D eigenvalue weighted by atomic mass is 9.91. The quantitative estimate of drug-likeness (QED) is 0.761. The molecule has 0 bridgehead atoms. The van der Waals surface area contributed by atoms with Crippen molar-refractivity contribution in [3.05, 3.63) is 41.6 Å². The Morgan fingerprint density at radius 3 is 2.62 bits per heavy atom. The molecule has 0 unspecified atom stereocenters. The Hall–Kier alpha value is -2.01. The van der Waals surface area contributed by atoms with Gasteiger partial charge in [-0.15, -0.1) is 12.4 Å². The molecule has 1 aromatic carbocycles. The molecule has 0 saturated heterocycles.